The maximum absolute atomic E-state index is 11.9. The second-order valence-corrected chi connectivity index (χ2v) is 6.69. The van der Waals surface area contributed by atoms with E-state index in [2.05, 4.69) is 0 Å². The van der Waals surface area contributed by atoms with Crippen molar-refractivity contribution in [3.05, 3.63) is 101 Å². The van der Waals surface area contributed by atoms with Crippen molar-refractivity contribution < 1.29 is 19.0 Å². The summed E-state index contributed by atoms with van der Waals surface area (Å²) >= 11 is 5.84. The van der Waals surface area contributed by atoms with Gasteiger partial charge in [-0.05, 0) is 47.0 Å². The summed E-state index contributed by atoms with van der Waals surface area (Å²) in [6.07, 6.45) is 3.06. The molecule has 0 unspecified atom stereocenters. The van der Waals surface area contributed by atoms with Gasteiger partial charge >= 0.3 is 5.97 Å². The number of carbonyl (C=O) groups excluding carboxylic acids is 1. The van der Waals surface area contributed by atoms with Crippen LogP contribution in [0.1, 0.15) is 16.7 Å². The first-order valence-corrected chi connectivity index (χ1v) is 9.46. The van der Waals surface area contributed by atoms with Gasteiger partial charge in [-0.25, -0.2) is 4.79 Å². The molecule has 0 heterocycles. The molecule has 0 radical (unpaired) electrons. The van der Waals surface area contributed by atoms with E-state index >= 15 is 0 Å². The normalized spacial score (nSPS) is 10.7. The van der Waals surface area contributed by atoms with Crippen LogP contribution in [0.4, 0.5) is 0 Å². The van der Waals surface area contributed by atoms with Crippen molar-refractivity contribution in [1.82, 2.24) is 0 Å². The Hall–Kier alpha value is -3.24. The number of rotatable bonds is 8. The van der Waals surface area contributed by atoms with Crippen molar-refractivity contribution in [2.24, 2.45) is 0 Å². The van der Waals surface area contributed by atoms with Gasteiger partial charge in [0.2, 0.25) is 0 Å². The Kier molecular flexibility index (Phi) is 7.31. The molecule has 3 rings (SSSR count). The molecule has 0 aromatic heterocycles. The standard InChI is InChI=1S/C24H21ClO4/c1-27-23-15-18(9-13-22(23)28-16-19-5-3-2-4-6-19)10-14-24(26)29-17-20-7-11-21(25)12-8-20/h2-15H,16-17H2,1H3/b14-10+. The average molecular weight is 409 g/mol. The number of hydrogen-bond donors (Lipinski definition) is 0. The molecule has 0 atom stereocenters. The van der Waals surface area contributed by atoms with Crippen molar-refractivity contribution in [3.63, 3.8) is 0 Å². The van der Waals surface area contributed by atoms with E-state index in [1.807, 2.05) is 60.7 Å². The van der Waals surface area contributed by atoms with E-state index in [9.17, 15) is 4.79 Å². The molecule has 0 aliphatic rings. The molecule has 0 saturated heterocycles. The second kappa shape index (κ2) is 10.3. The highest BCUT2D eigenvalue weighted by Gasteiger charge is 2.06. The molecule has 0 aliphatic heterocycles. The molecule has 3 aromatic rings. The summed E-state index contributed by atoms with van der Waals surface area (Å²) < 4.78 is 16.5. The molecule has 148 valence electrons. The van der Waals surface area contributed by atoms with Gasteiger partial charge in [0.1, 0.15) is 13.2 Å². The maximum atomic E-state index is 11.9. The van der Waals surface area contributed by atoms with E-state index in [0.717, 1.165) is 16.7 Å². The van der Waals surface area contributed by atoms with Gasteiger partial charge in [0.15, 0.2) is 11.5 Å². The fourth-order valence-corrected chi connectivity index (χ4v) is 2.72. The van der Waals surface area contributed by atoms with Crippen LogP contribution in [0.2, 0.25) is 5.02 Å². The van der Waals surface area contributed by atoms with Gasteiger partial charge in [0.25, 0.3) is 0 Å². The van der Waals surface area contributed by atoms with Gasteiger partial charge in [-0.15, -0.1) is 0 Å². The van der Waals surface area contributed by atoms with E-state index in [1.54, 1.807) is 25.3 Å². The van der Waals surface area contributed by atoms with E-state index in [-0.39, 0.29) is 6.61 Å². The number of halogens is 1. The van der Waals surface area contributed by atoms with Gasteiger partial charge in [0, 0.05) is 11.1 Å². The average Bonchev–Trinajstić information content (AvgIpc) is 2.76. The molecular formula is C24H21ClO4. The zero-order chi connectivity index (χ0) is 20.5. The summed E-state index contributed by atoms with van der Waals surface area (Å²) in [7, 11) is 1.58. The first-order valence-electron chi connectivity index (χ1n) is 9.08. The van der Waals surface area contributed by atoms with Crippen molar-refractivity contribution in [1.29, 1.82) is 0 Å². The van der Waals surface area contributed by atoms with Crippen LogP contribution in [0.25, 0.3) is 6.08 Å². The molecule has 0 aliphatic carbocycles. The minimum Gasteiger partial charge on any atom is -0.493 e. The summed E-state index contributed by atoms with van der Waals surface area (Å²) in [6, 6.07) is 22.5. The minimum absolute atomic E-state index is 0.190. The Labute approximate surface area is 175 Å². The summed E-state index contributed by atoms with van der Waals surface area (Å²) in [5.41, 5.74) is 2.75. The second-order valence-electron chi connectivity index (χ2n) is 6.25. The van der Waals surface area contributed by atoms with Crippen LogP contribution in [-0.2, 0) is 22.7 Å². The number of hydrogen-bond acceptors (Lipinski definition) is 4. The number of benzene rings is 3. The number of ether oxygens (including phenoxy) is 3. The van der Waals surface area contributed by atoms with Gasteiger partial charge in [-0.3, -0.25) is 0 Å². The van der Waals surface area contributed by atoms with Crippen molar-refractivity contribution in [3.8, 4) is 11.5 Å². The summed E-state index contributed by atoms with van der Waals surface area (Å²) in [5.74, 6) is 0.805. The van der Waals surface area contributed by atoms with Crippen LogP contribution in [0.5, 0.6) is 11.5 Å². The van der Waals surface area contributed by atoms with E-state index in [4.69, 9.17) is 25.8 Å². The lowest BCUT2D eigenvalue weighted by atomic mass is 10.2. The van der Waals surface area contributed by atoms with Gasteiger partial charge in [0.05, 0.1) is 7.11 Å². The highest BCUT2D eigenvalue weighted by molar-refractivity contribution is 6.30. The van der Waals surface area contributed by atoms with E-state index < -0.39 is 5.97 Å². The first-order chi connectivity index (χ1) is 14.1. The third-order valence-corrected chi connectivity index (χ3v) is 4.38. The van der Waals surface area contributed by atoms with Crippen LogP contribution in [0.15, 0.2) is 78.9 Å². The van der Waals surface area contributed by atoms with E-state index in [0.29, 0.717) is 23.1 Å². The summed E-state index contributed by atoms with van der Waals surface area (Å²) in [5, 5.41) is 0.644. The lowest BCUT2D eigenvalue weighted by Crippen LogP contribution is -2.00. The number of carbonyl (C=O) groups is 1. The Morgan fingerprint density at radius 3 is 2.34 bits per heavy atom. The van der Waals surface area contributed by atoms with Gasteiger partial charge in [-0.1, -0.05) is 60.1 Å². The van der Waals surface area contributed by atoms with Crippen LogP contribution in [-0.4, -0.2) is 13.1 Å². The molecule has 29 heavy (non-hydrogen) atoms. The van der Waals surface area contributed by atoms with Gasteiger partial charge < -0.3 is 14.2 Å². The molecule has 0 fully saturated rings. The molecule has 0 saturated carbocycles. The van der Waals surface area contributed by atoms with Gasteiger partial charge in [-0.2, -0.15) is 0 Å². The highest BCUT2D eigenvalue weighted by Crippen LogP contribution is 2.29. The lowest BCUT2D eigenvalue weighted by molar-refractivity contribution is -0.138. The molecule has 3 aromatic carbocycles. The lowest BCUT2D eigenvalue weighted by Gasteiger charge is -2.11. The van der Waals surface area contributed by atoms with Crippen molar-refractivity contribution in [2.75, 3.05) is 7.11 Å². The smallest absolute Gasteiger partial charge is 0.331 e. The molecule has 4 nitrogen and oxygen atoms in total. The zero-order valence-electron chi connectivity index (χ0n) is 16.0. The monoisotopic (exact) mass is 408 g/mol. The van der Waals surface area contributed by atoms with Crippen LogP contribution < -0.4 is 9.47 Å². The Balaban J connectivity index is 1.57. The van der Waals surface area contributed by atoms with E-state index in [1.165, 1.54) is 6.08 Å². The summed E-state index contributed by atoms with van der Waals surface area (Å²) in [4.78, 5) is 11.9. The van der Waals surface area contributed by atoms with Crippen molar-refractivity contribution in [2.45, 2.75) is 13.2 Å². The Morgan fingerprint density at radius 1 is 0.897 bits per heavy atom. The van der Waals surface area contributed by atoms with Crippen LogP contribution >= 0.6 is 11.6 Å². The largest absolute Gasteiger partial charge is 0.493 e. The van der Waals surface area contributed by atoms with Crippen LogP contribution in [0, 0.1) is 0 Å². The number of esters is 1. The molecule has 0 bridgehead atoms. The van der Waals surface area contributed by atoms with Crippen molar-refractivity contribution >= 4 is 23.6 Å². The predicted octanol–water partition coefficient (Wildman–Crippen LogP) is 5.68. The Morgan fingerprint density at radius 2 is 1.62 bits per heavy atom. The molecule has 0 N–H and O–H groups in total. The third kappa shape index (κ3) is 6.40. The minimum atomic E-state index is -0.427. The molecule has 5 heteroatoms. The number of methoxy groups -OCH3 is 1. The molecular weight excluding hydrogens is 388 g/mol. The molecule has 0 amide bonds. The first kappa shape index (κ1) is 20.5. The van der Waals surface area contributed by atoms with Crippen LogP contribution in [0.3, 0.4) is 0 Å². The molecule has 0 spiro atoms. The summed E-state index contributed by atoms with van der Waals surface area (Å²) in [6.45, 7) is 0.638. The highest BCUT2D eigenvalue weighted by atomic mass is 35.5. The SMILES string of the molecule is COc1cc(/C=C/C(=O)OCc2ccc(Cl)cc2)ccc1OCc1ccccc1. The fraction of sp³-hybridized carbons (Fsp3) is 0.125. The fourth-order valence-electron chi connectivity index (χ4n) is 2.59. The predicted molar refractivity (Wildman–Crippen MR) is 114 cm³/mol. The quantitative estimate of drug-likeness (QED) is 0.355. The third-order valence-electron chi connectivity index (χ3n) is 4.13. The zero-order valence-corrected chi connectivity index (χ0v) is 16.8. The Bertz CT molecular complexity index is 966. The topological polar surface area (TPSA) is 44.8 Å². The maximum Gasteiger partial charge on any atom is 0.331 e.